The molecule has 78 valence electrons. The molecule has 15 heavy (non-hydrogen) atoms. The molecule has 0 fully saturated rings. The van der Waals surface area contributed by atoms with Crippen molar-refractivity contribution in [2.45, 2.75) is 19.9 Å². The quantitative estimate of drug-likeness (QED) is 0.794. The third kappa shape index (κ3) is 1.35. The summed E-state index contributed by atoms with van der Waals surface area (Å²) < 4.78 is 3.39. The molecule has 0 spiro atoms. The molecule has 1 N–H and O–H groups in total. The molecule has 4 heteroatoms. The summed E-state index contributed by atoms with van der Waals surface area (Å²) in [5.74, 6) is 1.01. The number of halogens is 1. The smallest absolute Gasteiger partial charge is 0.203 e. The number of hydrogen-bond acceptors (Lipinski definition) is 2. The molecule has 0 aliphatic carbocycles. The van der Waals surface area contributed by atoms with E-state index in [2.05, 4.69) is 49.9 Å². The van der Waals surface area contributed by atoms with Gasteiger partial charge in [-0.1, -0.05) is 15.9 Å². The standard InChI is InChI=1S/C11H12BrN3/c1-7-5-8(12)6-9-10(7)14-11-13-3-2-4-15(9)11/h5-6H,2-4H2,1H3,(H,13,14). The van der Waals surface area contributed by atoms with E-state index in [1.807, 2.05) is 0 Å². The summed E-state index contributed by atoms with van der Waals surface area (Å²) in [6.45, 7) is 4.20. The molecule has 1 aromatic carbocycles. The van der Waals surface area contributed by atoms with E-state index in [0.29, 0.717) is 0 Å². The van der Waals surface area contributed by atoms with Crippen molar-refractivity contribution in [3.05, 3.63) is 22.2 Å². The van der Waals surface area contributed by atoms with Crippen LogP contribution in [0.3, 0.4) is 0 Å². The van der Waals surface area contributed by atoms with Crippen molar-refractivity contribution in [2.75, 3.05) is 11.9 Å². The highest BCUT2D eigenvalue weighted by Crippen LogP contribution is 2.28. The van der Waals surface area contributed by atoms with Crippen LogP contribution in [0.5, 0.6) is 0 Å². The fourth-order valence-electron chi connectivity index (χ4n) is 2.15. The van der Waals surface area contributed by atoms with Gasteiger partial charge in [-0.15, -0.1) is 0 Å². The van der Waals surface area contributed by atoms with Gasteiger partial charge in [0.1, 0.15) is 0 Å². The molecule has 2 aromatic rings. The molecule has 3 rings (SSSR count). The lowest BCUT2D eigenvalue weighted by Gasteiger charge is -2.15. The first-order valence-corrected chi connectivity index (χ1v) is 5.95. The van der Waals surface area contributed by atoms with Crippen molar-refractivity contribution in [2.24, 2.45) is 0 Å². The average Bonchev–Trinajstić information content (AvgIpc) is 2.57. The first-order valence-electron chi connectivity index (χ1n) is 5.16. The first-order chi connectivity index (χ1) is 7.25. The number of benzene rings is 1. The zero-order chi connectivity index (χ0) is 10.4. The molecular formula is C11H12BrN3. The maximum atomic E-state index is 4.62. The number of fused-ring (bicyclic) bond motifs is 3. The van der Waals surface area contributed by atoms with E-state index < -0.39 is 0 Å². The number of hydrogen-bond donors (Lipinski definition) is 1. The van der Waals surface area contributed by atoms with Gasteiger partial charge in [-0.2, -0.15) is 0 Å². The molecule has 2 heterocycles. The van der Waals surface area contributed by atoms with Gasteiger partial charge in [0, 0.05) is 17.6 Å². The third-order valence-electron chi connectivity index (χ3n) is 2.85. The van der Waals surface area contributed by atoms with E-state index in [4.69, 9.17) is 0 Å². The maximum absolute atomic E-state index is 4.62. The van der Waals surface area contributed by atoms with Crippen LogP contribution >= 0.6 is 15.9 Å². The minimum atomic E-state index is 1.01. The monoisotopic (exact) mass is 265 g/mol. The van der Waals surface area contributed by atoms with E-state index in [1.54, 1.807) is 0 Å². The summed E-state index contributed by atoms with van der Waals surface area (Å²) >= 11 is 3.53. The van der Waals surface area contributed by atoms with Crippen molar-refractivity contribution >= 4 is 32.9 Å². The van der Waals surface area contributed by atoms with Crippen molar-refractivity contribution in [1.29, 1.82) is 0 Å². The Hall–Kier alpha value is -1.03. The summed E-state index contributed by atoms with van der Waals surface area (Å²) in [5, 5.41) is 3.34. The fourth-order valence-corrected chi connectivity index (χ4v) is 2.71. The van der Waals surface area contributed by atoms with Crippen LogP contribution in [-0.2, 0) is 6.54 Å². The van der Waals surface area contributed by atoms with Crippen LogP contribution in [0.1, 0.15) is 12.0 Å². The molecule has 0 saturated heterocycles. The van der Waals surface area contributed by atoms with Crippen LogP contribution in [0.15, 0.2) is 16.6 Å². The lowest BCUT2D eigenvalue weighted by Crippen LogP contribution is -2.16. The van der Waals surface area contributed by atoms with Crippen LogP contribution in [0.4, 0.5) is 5.95 Å². The Morgan fingerprint density at radius 1 is 1.47 bits per heavy atom. The molecular weight excluding hydrogens is 254 g/mol. The number of rotatable bonds is 0. The van der Waals surface area contributed by atoms with Crippen molar-refractivity contribution < 1.29 is 0 Å². The second kappa shape index (κ2) is 3.23. The molecule has 0 unspecified atom stereocenters. The normalized spacial score (nSPS) is 15.1. The number of anilines is 1. The summed E-state index contributed by atoms with van der Waals surface area (Å²) in [7, 11) is 0. The van der Waals surface area contributed by atoms with E-state index in [0.717, 1.165) is 29.0 Å². The van der Waals surface area contributed by atoms with E-state index in [-0.39, 0.29) is 0 Å². The zero-order valence-corrected chi connectivity index (χ0v) is 10.1. The third-order valence-corrected chi connectivity index (χ3v) is 3.31. The number of nitrogens with zero attached hydrogens (tertiary/aromatic N) is 2. The van der Waals surface area contributed by atoms with Gasteiger partial charge in [-0.25, -0.2) is 4.98 Å². The maximum Gasteiger partial charge on any atom is 0.203 e. The number of aromatic nitrogens is 2. The fraction of sp³-hybridized carbons (Fsp3) is 0.364. The Morgan fingerprint density at radius 3 is 3.20 bits per heavy atom. The highest BCUT2D eigenvalue weighted by Gasteiger charge is 2.15. The SMILES string of the molecule is Cc1cc(Br)cc2c1nc1n2CCCN1. The van der Waals surface area contributed by atoms with Crippen LogP contribution in [-0.4, -0.2) is 16.1 Å². The molecule has 1 aliphatic rings. The van der Waals surface area contributed by atoms with Gasteiger partial charge < -0.3 is 9.88 Å². The molecule has 0 radical (unpaired) electrons. The Labute approximate surface area is 96.6 Å². The van der Waals surface area contributed by atoms with Crippen molar-refractivity contribution in [3.8, 4) is 0 Å². The topological polar surface area (TPSA) is 29.9 Å². The zero-order valence-electron chi connectivity index (χ0n) is 8.55. The second-order valence-electron chi connectivity index (χ2n) is 3.96. The summed E-state index contributed by atoms with van der Waals surface area (Å²) in [6, 6.07) is 4.26. The van der Waals surface area contributed by atoms with Gasteiger partial charge in [0.15, 0.2) is 0 Å². The summed E-state index contributed by atoms with van der Waals surface area (Å²) in [6.07, 6.45) is 1.17. The molecule has 0 bridgehead atoms. The van der Waals surface area contributed by atoms with Gasteiger partial charge >= 0.3 is 0 Å². The summed E-state index contributed by atoms with van der Waals surface area (Å²) in [4.78, 5) is 4.62. The van der Waals surface area contributed by atoms with Crippen molar-refractivity contribution in [3.63, 3.8) is 0 Å². The second-order valence-corrected chi connectivity index (χ2v) is 4.87. The summed E-state index contributed by atoms with van der Waals surface area (Å²) in [5.41, 5.74) is 3.56. The lowest BCUT2D eigenvalue weighted by atomic mass is 10.2. The molecule has 0 atom stereocenters. The molecule has 3 nitrogen and oxygen atoms in total. The Bertz CT molecular complexity index is 530. The van der Waals surface area contributed by atoms with Gasteiger partial charge in [0.25, 0.3) is 0 Å². The van der Waals surface area contributed by atoms with E-state index in [9.17, 15) is 0 Å². The molecule has 0 amide bonds. The van der Waals surface area contributed by atoms with Crippen LogP contribution in [0, 0.1) is 6.92 Å². The predicted octanol–water partition coefficient (Wildman–Crippen LogP) is 2.92. The van der Waals surface area contributed by atoms with Gasteiger partial charge in [0.2, 0.25) is 5.95 Å². The first kappa shape index (κ1) is 9.21. The van der Waals surface area contributed by atoms with Gasteiger partial charge in [-0.3, -0.25) is 0 Å². The highest BCUT2D eigenvalue weighted by molar-refractivity contribution is 9.10. The minimum absolute atomic E-state index is 1.01. The largest absolute Gasteiger partial charge is 0.356 e. The molecule has 1 aromatic heterocycles. The Morgan fingerprint density at radius 2 is 2.33 bits per heavy atom. The van der Waals surface area contributed by atoms with Crippen LogP contribution in [0.25, 0.3) is 11.0 Å². The minimum Gasteiger partial charge on any atom is -0.356 e. The van der Waals surface area contributed by atoms with Crippen molar-refractivity contribution in [1.82, 2.24) is 9.55 Å². The Kier molecular flexibility index (Phi) is 1.99. The van der Waals surface area contributed by atoms with Gasteiger partial charge in [0.05, 0.1) is 11.0 Å². The van der Waals surface area contributed by atoms with E-state index in [1.165, 1.54) is 17.5 Å². The number of imidazole rings is 1. The predicted molar refractivity (Wildman–Crippen MR) is 65.3 cm³/mol. The highest BCUT2D eigenvalue weighted by atomic mass is 79.9. The number of nitrogens with one attached hydrogen (secondary N) is 1. The van der Waals surface area contributed by atoms with Crippen LogP contribution < -0.4 is 5.32 Å². The van der Waals surface area contributed by atoms with E-state index >= 15 is 0 Å². The Balaban J connectivity index is 2.37. The lowest BCUT2D eigenvalue weighted by molar-refractivity contribution is 0.642. The van der Waals surface area contributed by atoms with Crippen LogP contribution in [0.2, 0.25) is 0 Å². The molecule has 0 saturated carbocycles. The average molecular weight is 266 g/mol. The molecule has 1 aliphatic heterocycles. The van der Waals surface area contributed by atoms with Gasteiger partial charge in [-0.05, 0) is 31.0 Å². The number of aryl methyl sites for hydroxylation is 2.